The van der Waals surface area contributed by atoms with Gasteiger partial charge in [-0.2, -0.15) is 0 Å². The normalized spacial score (nSPS) is 11.5. The lowest BCUT2D eigenvalue weighted by molar-refractivity contribution is 0.0697. The molecule has 4 heteroatoms. The molecular weight excluding hydrogens is 232 g/mol. The fraction of sp³-hybridized carbons (Fsp3) is 0.364. The van der Waals surface area contributed by atoms with E-state index in [1.807, 2.05) is 0 Å². The molecule has 0 aliphatic rings. The van der Waals surface area contributed by atoms with Gasteiger partial charge in [-0.3, -0.25) is 0 Å². The largest absolute Gasteiger partial charge is 0.478 e. The van der Waals surface area contributed by atoms with Gasteiger partial charge >= 0.3 is 5.97 Å². The minimum atomic E-state index is -0.993. The molecule has 0 bridgehead atoms. The summed E-state index contributed by atoms with van der Waals surface area (Å²) in [7, 11) is 0. The first-order valence-electron chi connectivity index (χ1n) is 4.51. The molecule has 15 heavy (non-hydrogen) atoms. The SMILES string of the molecule is CC(C)(C)Sc1ccc(C(=O)O)c(Cl)c1. The van der Waals surface area contributed by atoms with Crippen LogP contribution in [0.1, 0.15) is 31.1 Å². The third kappa shape index (κ3) is 3.76. The van der Waals surface area contributed by atoms with Crippen molar-refractivity contribution in [1.82, 2.24) is 0 Å². The van der Waals surface area contributed by atoms with Crippen LogP contribution in [0.3, 0.4) is 0 Å². The van der Waals surface area contributed by atoms with E-state index in [4.69, 9.17) is 16.7 Å². The second-order valence-corrected chi connectivity index (χ2v) is 6.47. The maximum atomic E-state index is 10.7. The van der Waals surface area contributed by atoms with E-state index in [1.54, 1.807) is 30.0 Å². The Morgan fingerprint density at radius 2 is 2.00 bits per heavy atom. The van der Waals surface area contributed by atoms with Gasteiger partial charge in [-0.25, -0.2) is 4.79 Å². The third-order valence-electron chi connectivity index (χ3n) is 1.59. The molecule has 1 N–H and O–H groups in total. The molecular formula is C11H13ClO2S. The van der Waals surface area contributed by atoms with Gasteiger partial charge in [-0.1, -0.05) is 32.4 Å². The molecule has 82 valence electrons. The van der Waals surface area contributed by atoms with Crippen molar-refractivity contribution in [2.24, 2.45) is 0 Å². The topological polar surface area (TPSA) is 37.3 Å². The Labute approximate surface area is 98.6 Å². The Hall–Kier alpha value is -0.670. The van der Waals surface area contributed by atoms with Crippen LogP contribution in [-0.2, 0) is 0 Å². The summed E-state index contributed by atoms with van der Waals surface area (Å²) < 4.78 is 0.0913. The average Bonchev–Trinajstić information content (AvgIpc) is 1.99. The first kappa shape index (κ1) is 12.4. The molecule has 0 radical (unpaired) electrons. The van der Waals surface area contributed by atoms with Gasteiger partial charge < -0.3 is 5.11 Å². The lowest BCUT2D eigenvalue weighted by Gasteiger charge is -2.17. The molecule has 0 heterocycles. The van der Waals surface area contributed by atoms with Gasteiger partial charge in [0.25, 0.3) is 0 Å². The molecule has 0 aromatic heterocycles. The highest BCUT2D eigenvalue weighted by Gasteiger charge is 2.14. The highest BCUT2D eigenvalue weighted by atomic mass is 35.5. The van der Waals surface area contributed by atoms with Crippen molar-refractivity contribution >= 4 is 29.3 Å². The summed E-state index contributed by atoms with van der Waals surface area (Å²) in [6, 6.07) is 5.02. The number of carboxylic acid groups (broad SMARTS) is 1. The molecule has 1 rings (SSSR count). The predicted octanol–water partition coefficient (Wildman–Crippen LogP) is 3.93. The zero-order valence-corrected chi connectivity index (χ0v) is 10.4. The number of carboxylic acids is 1. The number of aromatic carboxylic acids is 1. The van der Waals surface area contributed by atoms with Crippen LogP contribution in [0.15, 0.2) is 23.1 Å². The van der Waals surface area contributed by atoms with Crippen LogP contribution < -0.4 is 0 Å². The smallest absolute Gasteiger partial charge is 0.337 e. The third-order valence-corrected chi connectivity index (χ3v) is 3.01. The summed E-state index contributed by atoms with van der Waals surface area (Å²) in [5, 5.41) is 9.09. The molecule has 0 aliphatic heterocycles. The second kappa shape index (κ2) is 4.45. The van der Waals surface area contributed by atoms with Gasteiger partial charge in [-0.05, 0) is 18.2 Å². The molecule has 0 unspecified atom stereocenters. The van der Waals surface area contributed by atoms with E-state index in [2.05, 4.69) is 20.8 Å². The van der Waals surface area contributed by atoms with E-state index in [9.17, 15) is 4.79 Å². The highest BCUT2D eigenvalue weighted by Crippen LogP contribution is 2.33. The van der Waals surface area contributed by atoms with Crippen LogP contribution in [0.25, 0.3) is 0 Å². The molecule has 0 spiro atoms. The lowest BCUT2D eigenvalue weighted by atomic mass is 10.2. The van der Waals surface area contributed by atoms with Crippen molar-refractivity contribution in [2.45, 2.75) is 30.4 Å². The number of hydrogen-bond donors (Lipinski definition) is 1. The Bertz CT molecular complexity index is 383. The van der Waals surface area contributed by atoms with Gasteiger partial charge in [0.1, 0.15) is 0 Å². The molecule has 0 saturated carbocycles. The summed E-state index contributed by atoms with van der Waals surface area (Å²) in [6.45, 7) is 6.28. The van der Waals surface area contributed by atoms with Gasteiger partial charge in [-0.15, -0.1) is 11.8 Å². The number of thioether (sulfide) groups is 1. The first-order valence-corrected chi connectivity index (χ1v) is 5.71. The minimum Gasteiger partial charge on any atom is -0.478 e. The van der Waals surface area contributed by atoms with Crippen LogP contribution >= 0.6 is 23.4 Å². The molecule has 0 saturated heterocycles. The zero-order chi connectivity index (χ0) is 11.6. The van der Waals surface area contributed by atoms with Crippen molar-refractivity contribution in [3.05, 3.63) is 28.8 Å². The lowest BCUT2D eigenvalue weighted by Crippen LogP contribution is -2.06. The Morgan fingerprint density at radius 3 is 2.40 bits per heavy atom. The Morgan fingerprint density at radius 1 is 1.40 bits per heavy atom. The molecule has 2 nitrogen and oxygen atoms in total. The average molecular weight is 245 g/mol. The zero-order valence-electron chi connectivity index (χ0n) is 8.87. The second-order valence-electron chi connectivity index (χ2n) is 4.16. The minimum absolute atomic E-state index is 0.0913. The number of halogens is 1. The molecule has 1 aromatic carbocycles. The van der Waals surface area contributed by atoms with Gasteiger partial charge in [0.15, 0.2) is 0 Å². The van der Waals surface area contributed by atoms with Crippen molar-refractivity contribution in [3.63, 3.8) is 0 Å². The van der Waals surface area contributed by atoms with E-state index >= 15 is 0 Å². The van der Waals surface area contributed by atoms with E-state index in [1.165, 1.54) is 0 Å². The maximum Gasteiger partial charge on any atom is 0.337 e. The maximum absolute atomic E-state index is 10.7. The van der Waals surface area contributed by atoms with Gasteiger partial charge in [0.05, 0.1) is 10.6 Å². The number of rotatable bonds is 2. The molecule has 0 aliphatic carbocycles. The number of carbonyl (C=O) groups is 1. The Kier molecular flexibility index (Phi) is 3.68. The predicted molar refractivity (Wildman–Crippen MR) is 64.0 cm³/mol. The van der Waals surface area contributed by atoms with Crippen LogP contribution in [0.5, 0.6) is 0 Å². The quantitative estimate of drug-likeness (QED) is 0.801. The van der Waals surface area contributed by atoms with E-state index in [0.29, 0.717) is 0 Å². The van der Waals surface area contributed by atoms with Crippen LogP contribution in [0, 0.1) is 0 Å². The van der Waals surface area contributed by atoms with Crippen molar-refractivity contribution in [3.8, 4) is 0 Å². The van der Waals surface area contributed by atoms with Gasteiger partial charge in [0.2, 0.25) is 0 Å². The standard InChI is InChI=1S/C11H13ClO2S/c1-11(2,3)15-7-4-5-8(10(13)14)9(12)6-7/h4-6H,1-3H3,(H,13,14). The van der Waals surface area contributed by atoms with E-state index in [0.717, 1.165) is 4.90 Å². The van der Waals surface area contributed by atoms with Crippen molar-refractivity contribution in [2.75, 3.05) is 0 Å². The number of benzene rings is 1. The van der Waals surface area contributed by atoms with Crippen molar-refractivity contribution < 1.29 is 9.90 Å². The fourth-order valence-corrected chi connectivity index (χ4v) is 2.43. The fourth-order valence-electron chi connectivity index (χ4n) is 1.09. The Balaban J connectivity index is 2.97. The number of hydrogen-bond acceptors (Lipinski definition) is 2. The van der Waals surface area contributed by atoms with Crippen LogP contribution in [-0.4, -0.2) is 15.8 Å². The van der Waals surface area contributed by atoms with E-state index < -0.39 is 5.97 Å². The summed E-state index contributed by atoms with van der Waals surface area (Å²) in [4.78, 5) is 11.7. The molecule has 0 fully saturated rings. The summed E-state index contributed by atoms with van der Waals surface area (Å²) in [6.07, 6.45) is 0. The summed E-state index contributed by atoms with van der Waals surface area (Å²) in [5.74, 6) is -0.993. The monoisotopic (exact) mass is 244 g/mol. The van der Waals surface area contributed by atoms with E-state index in [-0.39, 0.29) is 15.3 Å². The molecule has 1 aromatic rings. The molecule has 0 atom stereocenters. The first-order chi connectivity index (χ1) is 6.79. The summed E-state index contributed by atoms with van der Waals surface area (Å²) >= 11 is 7.52. The van der Waals surface area contributed by atoms with Gasteiger partial charge in [0, 0.05) is 9.64 Å². The van der Waals surface area contributed by atoms with Crippen molar-refractivity contribution in [1.29, 1.82) is 0 Å². The van der Waals surface area contributed by atoms with Crippen LogP contribution in [0.4, 0.5) is 0 Å². The summed E-state index contributed by atoms with van der Waals surface area (Å²) in [5.41, 5.74) is 0.148. The van der Waals surface area contributed by atoms with Crippen LogP contribution in [0.2, 0.25) is 5.02 Å². The highest BCUT2D eigenvalue weighted by molar-refractivity contribution is 8.00. The molecule has 0 amide bonds.